The Morgan fingerprint density at radius 3 is 2.55 bits per heavy atom. The van der Waals surface area contributed by atoms with E-state index in [1.165, 1.54) is 17.8 Å². The standard InChI is InChI=1S/C23H21N5O2S/c1-15-10-16(2)12-18(11-15)28-22(20-8-3-4-9-24-20)26-27-23(28)31-14-21(30)25-17-6-5-7-19(29)13-17/h3-13,29H,14H2,1-2H3,(H,25,30). The Hall–Kier alpha value is -3.65. The molecule has 0 spiro atoms. The lowest BCUT2D eigenvalue weighted by Gasteiger charge is -2.12. The molecule has 0 bridgehead atoms. The molecule has 7 nitrogen and oxygen atoms in total. The number of phenolic OH excluding ortho intramolecular Hbond substituents is 1. The largest absolute Gasteiger partial charge is 0.508 e. The number of carbonyl (C=O) groups is 1. The van der Waals surface area contributed by atoms with Crippen LogP contribution in [0.15, 0.2) is 72.0 Å². The number of carbonyl (C=O) groups excluding carboxylic acids is 1. The Morgan fingerprint density at radius 1 is 1.03 bits per heavy atom. The minimum Gasteiger partial charge on any atom is -0.508 e. The number of amides is 1. The maximum Gasteiger partial charge on any atom is 0.234 e. The lowest BCUT2D eigenvalue weighted by atomic mass is 10.1. The molecule has 0 saturated carbocycles. The number of rotatable bonds is 6. The monoisotopic (exact) mass is 431 g/mol. The van der Waals surface area contributed by atoms with Gasteiger partial charge in [-0.3, -0.25) is 14.3 Å². The molecule has 4 rings (SSSR count). The fraction of sp³-hybridized carbons (Fsp3) is 0.130. The van der Waals surface area contributed by atoms with Crippen LogP contribution in [0.3, 0.4) is 0 Å². The van der Waals surface area contributed by atoms with Crippen molar-refractivity contribution in [3.8, 4) is 23.0 Å². The molecule has 31 heavy (non-hydrogen) atoms. The van der Waals surface area contributed by atoms with E-state index in [4.69, 9.17) is 0 Å². The summed E-state index contributed by atoms with van der Waals surface area (Å²) in [6, 6.07) is 18.3. The van der Waals surface area contributed by atoms with Crippen LogP contribution >= 0.6 is 11.8 Å². The van der Waals surface area contributed by atoms with Gasteiger partial charge < -0.3 is 10.4 Å². The smallest absolute Gasteiger partial charge is 0.234 e. The second kappa shape index (κ2) is 9.01. The number of nitrogens with one attached hydrogen (secondary N) is 1. The van der Waals surface area contributed by atoms with Gasteiger partial charge in [0.1, 0.15) is 11.4 Å². The number of benzene rings is 2. The van der Waals surface area contributed by atoms with Gasteiger partial charge in [-0.2, -0.15) is 0 Å². The van der Waals surface area contributed by atoms with Crippen LogP contribution in [0.5, 0.6) is 5.75 Å². The first kappa shape index (κ1) is 20.6. The molecule has 0 aliphatic carbocycles. The van der Waals surface area contributed by atoms with E-state index in [0.29, 0.717) is 22.4 Å². The molecule has 0 fully saturated rings. The van der Waals surface area contributed by atoms with Crippen LogP contribution in [-0.4, -0.2) is 36.5 Å². The fourth-order valence-electron chi connectivity index (χ4n) is 3.25. The summed E-state index contributed by atoms with van der Waals surface area (Å²) < 4.78 is 1.93. The number of anilines is 1. The van der Waals surface area contributed by atoms with Crippen molar-refractivity contribution >= 4 is 23.4 Å². The van der Waals surface area contributed by atoms with Crippen molar-refractivity contribution in [2.45, 2.75) is 19.0 Å². The van der Waals surface area contributed by atoms with Gasteiger partial charge in [0.15, 0.2) is 11.0 Å². The number of aromatic hydroxyl groups is 1. The number of phenols is 1. The van der Waals surface area contributed by atoms with Gasteiger partial charge in [-0.05, 0) is 61.4 Å². The SMILES string of the molecule is Cc1cc(C)cc(-n2c(SCC(=O)Nc3cccc(O)c3)nnc2-c2ccccn2)c1. The second-order valence-corrected chi connectivity index (χ2v) is 8.03. The number of thioether (sulfide) groups is 1. The van der Waals surface area contributed by atoms with Gasteiger partial charge in [0.05, 0.1) is 11.4 Å². The Balaban J connectivity index is 1.63. The van der Waals surface area contributed by atoms with E-state index in [9.17, 15) is 9.90 Å². The average Bonchev–Trinajstić information content (AvgIpc) is 3.16. The summed E-state index contributed by atoms with van der Waals surface area (Å²) in [4.78, 5) is 16.9. The Morgan fingerprint density at radius 2 is 1.84 bits per heavy atom. The summed E-state index contributed by atoms with van der Waals surface area (Å²) in [5.41, 5.74) is 4.39. The fourth-order valence-corrected chi connectivity index (χ4v) is 4.00. The molecule has 0 radical (unpaired) electrons. The Labute approximate surface area is 184 Å². The average molecular weight is 432 g/mol. The highest BCUT2D eigenvalue weighted by Gasteiger charge is 2.18. The van der Waals surface area contributed by atoms with Crippen molar-refractivity contribution < 1.29 is 9.90 Å². The number of nitrogens with zero attached hydrogens (tertiary/aromatic N) is 4. The molecule has 2 heterocycles. The molecule has 1 amide bonds. The summed E-state index contributed by atoms with van der Waals surface area (Å²) in [5, 5.41) is 21.6. The number of aryl methyl sites for hydroxylation is 2. The zero-order chi connectivity index (χ0) is 21.8. The molecule has 156 valence electrons. The van der Waals surface area contributed by atoms with Gasteiger partial charge in [0.2, 0.25) is 5.91 Å². The van der Waals surface area contributed by atoms with Crippen molar-refractivity contribution in [3.63, 3.8) is 0 Å². The van der Waals surface area contributed by atoms with Crippen LogP contribution in [-0.2, 0) is 4.79 Å². The van der Waals surface area contributed by atoms with Crippen LogP contribution < -0.4 is 5.32 Å². The molecule has 0 aliphatic heterocycles. The first-order chi connectivity index (χ1) is 15.0. The van der Waals surface area contributed by atoms with Crippen molar-refractivity contribution in [1.82, 2.24) is 19.7 Å². The number of pyridine rings is 1. The molecule has 0 atom stereocenters. The normalized spacial score (nSPS) is 10.8. The minimum absolute atomic E-state index is 0.0972. The van der Waals surface area contributed by atoms with E-state index in [2.05, 4.69) is 38.7 Å². The maximum atomic E-state index is 12.4. The summed E-state index contributed by atoms with van der Waals surface area (Å²) in [6.07, 6.45) is 1.71. The van der Waals surface area contributed by atoms with Crippen molar-refractivity contribution in [2.75, 3.05) is 11.1 Å². The maximum absolute atomic E-state index is 12.4. The third-order valence-corrected chi connectivity index (χ3v) is 5.38. The predicted molar refractivity (Wildman–Crippen MR) is 122 cm³/mol. The van der Waals surface area contributed by atoms with Gasteiger partial charge in [-0.1, -0.05) is 30.0 Å². The quantitative estimate of drug-likeness (QED) is 0.440. The first-order valence-electron chi connectivity index (χ1n) is 9.67. The zero-order valence-electron chi connectivity index (χ0n) is 17.1. The first-order valence-corrected chi connectivity index (χ1v) is 10.7. The summed E-state index contributed by atoms with van der Waals surface area (Å²) in [5.74, 6) is 0.646. The molecule has 0 aliphatic rings. The van der Waals surface area contributed by atoms with E-state index in [0.717, 1.165) is 16.8 Å². The van der Waals surface area contributed by atoms with Crippen LogP contribution in [0.2, 0.25) is 0 Å². The lowest BCUT2D eigenvalue weighted by Crippen LogP contribution is -2.14. The lowest BCUT2D eigenvalue weighted by molar-refractivity contribution is -0.113. The number of hydrogen-bond acceptors (Lipinski definition) is 6. The number of aromatic nitrogens is 4. The summed E-state index contributed by atoms with van der Waals surface area (Å²) in [7, 11) is 0. The molecule has 8 heteroatoms. The van der Waals surface area contributed by atoms with Gasteiger partial charge in [-0.25, -0.2) is 0 Å². The van der Waals surface area contributed by atoms with Gasteiger partial charge in [0, 0.05) is 18.0 Å². The molecule has 4 aromatic rings. The van der Waals surface area contributed by atoms with Crippen molar-refractivity contribution in [3.05, 3.63) is 78.0 Å². The summed E-state index contributed by atoms with van der Waals surface area (Å²) >= 11 is 1.29. The van der Waals surface area contributed by atoms with Gasteiger partial charge in [-0.15, -0.1) is 10.2 Å². The van der Waals surface area contributed by atoms with E-state index in [1.807, 2.05) is 36.6 Å². The minimum atomic E-state index is -0.204. The van der Waals surface area contributed by atoms with E-state index >= 15 is 0 Å². The van der Waals surface area contributed by atoms with Gasteiger partial charge >= 0.3 is 0 Å². The van der Waals surface area contributed by atoms with E-state index in [-0.39, 0.29) is 17.4 Å². The highest BCUT2D eigenvalue weighted by Crippen LogP contribution is 2.28. The third-order valence-electron chi connectivity index (χ3n) is 4.45. The second-order valence-electron chi connectivity index (χ2n) is 7.09. The van der Waals surface area contributed by atoms with E-state index < -0.39 is 0 Å². The highest BCUT2D eigenvalue weighted by molar-refractivity contribution is 7.99. The van der Waals surface area contributed by atoms with Crippen molar-refractivity contribution in [2.24, 2.45) is 0 Å². The van der Waals surface area contributed by atoms with Crippen LogP contribution in [0, 0.1) is 13.8 Å². The van der Waals surface area contributed by atoms with E-state index in [1.54, 1.807) is 24.4 Å². The molecule has 2 aromatic carbocycles. The molecule has 2 N–H and O–H groups in total. The molecule has 0 unspecified atom stereocenters. The summed E-state index contributed by atoms with van der Waals surface area (Å²) in [6.45, 7) is 4.08. The molecule has 2 aromatic heterocycles. The molecular weight excluding hydrogens is 410 g/mol. The Bertz CT molecular complexity index is 1200. The topological polar surface area (TPSA) is 92.9 Å². The van der Waals surface area contributed by atoms with Crippen molar-refractivity contribution in [1.29, 1.82) is 0 Å². The molecule has 0 saturated heterocycles. The van der Waals surface area contributed by atoms with Gasteiger partial charge in [0.25, 0.3) is 0 Å². The highest BCUT2D eigenvalue weighted by atomic mass is 32.2. The van der Waals surface area contributed by atoms with Crippen LogP contribution in [0.4, 0.5) is 5.69 Å². The Kier molecular flexibility index (Phi) is 5.99. The molecular formula is C23H21N5O2S. The third kappa shape index (κ3) is 4.92. The predicted octanol–water partition coefficient (Wildman–Crippen LogP) is 4.38. The zero-order valence-corrected chi connectivity index (χ0v) is 17.9. The van der Waals surface area contributed by atoms with Crippen LogP contribution in [0.25, 0.3) is 17.2 Å². The van der Waals surface area contributed by atoms with Crippen LogP contribution in [0.1, 0.15) is 11.1 Å². The number of hydrogen-bond donors (Lipinski definition) is 2.